The zero-order valence-corrected chi connectivity index (χ0v) is 9.91. The summed E-state index contributed by atoms with van der Waals surface area (Å²) in [6.45, 7) is 3.90. The van der Waals surface area contributed by atoms with Crippen molar-refractivity contribution in [1.29, 1.82) is 0 Å². The fourth-order valence-electron chi connectivity index (χ4n) is 0.929. The van der Waals surface area contributed by atoms with Crippen molar-refractivity contribution < 1.29 is 4.79 Å². The number of hydrogen-bond donors (Lipinski definition) is 1. The molecule has 5 heteroatoms. The molecule has 1 amide bonds. The van der Waals surface area contributed by atoms with Gasteiger partial charge < -0.3 is 5.32 Å². The second-order valence-corrected chi connectivity index (χ2v) is 4.53. The molecule has 0 aromatic carbocycles. The van der Waals surface area contributed by atoms with Crippen LogP contribution in [0.15, 0.2) is 6.20 Å². The molecule has 1 aromatic heterocycles. The number of rotatable bonds is 3. The second kappa shape index (κ2) is 4.72. The highest BCUT2D eigenvalue weighted by atomic mass is 79.9. The first-order valence-corrected chi connectivity index (χ1v) is 5.85. The van der Waals surface area contributed by atoms with E-state index in [2.05, 4.69) is 26.2 Å². The van der Waals surface area contributed by atoms with Gasteiger partial charge in [0.15, 0.2) is 0 Å². The molecule has 0 aliphatic heterocycles. The van der Waals surface area contributed by atoms with Crippen LogP contribution in [0.2, 0.25) is 0 Å². The molecule has 0 saturated carbocycles. The molecule has 1 N–H and O–H groups in total. The zero-order chi connectivity index (χ0) is 9.84. The maximum Gasteiger partial charge on any atom is 0.231 e. The van der Waals surface area contributed by atoms with Crippen molar-refractivity contribution in [3.8, 4) is 0 Å². The topological polar surface area (TPSA) is 42.0 Å². The molecule has 72 valence electrons. The van der Waals surface area contributed by atoms with Crippen LogP contribution in [0, 0.1) is 6.92 Å². The number of alkyl halides is 1. The number of hydrogen-bond acceptors (Lipinski definition) is 3. The van der Waals surface area contributed by atoms with Gasteiger partial charge in [0.25, 0.3) is 0 Å². The summed E-state index contributed by atoms with van der Waals surface area (Å²) < 4.78 is 0. The lowest BCUT2D eigenvalue weighted by Crippen LogP contribution is -2.26. The summed E-state index contributed by atoms with van der Waals surface area (Å²) in [4.78, 5) is 16.2. The lowest BCUT2D eigenvalue weighted by Gasteiger charge is -2.09. The zero-order valence-electron chi connectivity index (χ0n) is 7.50. The quantitative estimate of drug-likeness (QED) is 0.848. The average molecular weight is 263 g/mol. The van der Waals surface area contributed by atoms with Gasteiger partial charge in [-0.05, 0) is 13.8 Å². The Labute approximate surface area is 89.7 Å². The number of aryl methyl sites for hydroxylation is 1. The van der Waals surface area contributed by atoms with Gasteiger partial charge in [0.05, 0.1) is 16.4 Å². The smallest absolute Gasteiger partial charge is 0.231 e. The van der Waals surface area contributed by atoms with Gasteiger partial charge >= 0.3 is 0 Å². The molecule has 1 aromatic rings. The normalized spacial score (nSPS) is 12.5. The molecule has 0 aliphatic carbocycles. The van der Waals surface area contributed by atoms with Gasteiger partial charge in [-0.15, -0.1) is 11.3 Å². The highest BCUT2D eigenvalue weighted by Gasteiger charge is 2.10. The van der Waals surface area contributed by atoms with E-state index < -0.39 is 0 Å². The van der Waals surface area contributed by atoms with Crippen LogP contribution in [0.5, 0.6) is 0 Å². The molecule has 0 saturated heterocycles. The van der Waals surface area contributed by atoms with Crippen LogP contribution in [0.25, 0.3) is 0 Å². The summed E-state index contributed by atoms with van der Waals surface area (Å²) in [5.41, 5.74) is 0. The van der Waals surface area contributed by atoms with Gasteiger partial charge in [0.2, 0.25) is 5.91 Å². The summed E-state index contributed by atoms with van der Waals surface area (Å²) in [5, 5.41) is 4.21. The molecular weight excluding hydrogens is 252 g/mol. The second-order valence-electron chi connectivity index (χ2n) is 2.70. The van der Waals surface area contributed by atoms with Crippen molar-refractivity contribution in [1.82, 2.24) is 10.3 Å². The number of halogens is 1. The van der Waals surface area contributed by atoms with Crippen LogP contribution in [-0.2, 0) is 4.79 Å². The average Bonchev–Trinajstić information content (AvgIpc) is 2.51. The number of carbonyl (C=O) groups excluding carboxylic acids is 1. The molecule has 1 heterocycles. The molecular formula is C8H11BrN2OS. The minimum absolute atomic E-state index is 0.00134. The van der Waals surface area contributed by atoms with E-state index >= 15 is 0 Å². The Kier molecular flexibility index (Phi) is 3.87. The van der Waals surface area contributed by atoms with Crippen molar-refractivity contribution in [2.75, 3.05) is 5.33 Å². The maximum atomic E-state index is 11.0. The minimum atomic E-state index is -0.00134. The lowest BCUT2D eigenvalue weighted by atomic mass is 10.3. The number of nitrogens with one attached hydrogen (secondary N) is 1. The highest BCUT2D eigenvalue weighted by molar-refractivity contribution is 9.09. The van der Waals surface area contributed by atoms with Gasteiger partial charge in [-0.25, -0.2) is 4.98 Å². The molecule has 1 atom stereocenters. The predicted octanol–water partition coefficient (Wildman–Crippen LogP) is 2.02. The lowest BCUT2D eigenvalue weighted by molar-refractivity contribution is -0.119. The third-order valence-electron chi connectivity index (χ3n) is 1.56. The van der Waals surface area contributed by atoms with E-state index in [9.17, 15) is 4.79 Å². The Morgan fingerprint density at radius 2 is 2.54 bits per heavy atom. The first kappa shape index (κ1) is 10.7. The van der Waals surface area contributed by atoms with E-state index in [-0.39, 0.29) is 11.9 Å². The van der Waals surface area contributed by atoms with E-state index in [1.807, 2.05) is 13.8 Å². The van der Waals surface area contributed by atoms with Gasteiger partial charge in [0, 0.05) is 11.1 Å². The maximum absolute atomic E-state index is 11.0. The Bertz CT molecular complexity index is 300. The van der Waals surface area contributed by atoms with Crippen molar-refractivity contribution in [3.63, 3.8) is 0 Å². The Hall–Kier alpha value is -0.420. The van der Waals surface area contributed by atoms with Crippen molar-refractivity contribution in [2.24, 2.45) is 0 Å². The Morgan fingerprint density at radius 1 is 1.85 bits per heavy atom. The van der Waals surface area contributed by atoms with Gasteiger partial charge in [-0.1, -0.05) is 15.9 Å². The minimum Gasteiger partial charge on any atom is -0.348 e. The van der Waals surface area contributed by atoms with Crippen LogP contribution < -0.4 is 5.32 Å². The van der Waals surface area contributed by atoms with E-state index in [4.69, 9.17) is 0 Å². The molecule has 1 rings (SSSR count). The first-order valence-electron chi connectivity index (χ1n) is 3.91. The van der Waals surface area contributed by atoms with Crippen LogP contribution in [-0.4, -0.2) is 16.2 Å². The fourth-order valence-corrected chi connectivity index (χ4v) is 1.88. The summed E-state index contributed by atoms with van der Waals surface area (Å²) in [6, 6.07) is 0.0521. The molecule has 0 spiro atoms. The SMILES string of the molecule is Cc1ncc(C(C)NC(=O)CBr)s1. The number of aromatic nitrogens is 1. The van der Waals surface area contributed by atoms with Gasteiger partial charge in [-0.2, -0.15) is 0 Å². The van der Waals surface area contributed by atoms with E-state index in [1.165, 1.54) is 0 Å². The fraction of sp³-hybridized carbons (Fsp3) is 0.500. The Morgan fingerprint density at radius 3 is 3.00 bits per heavy atom. The molecule has 0 bridgehead atoms. The first-order chi connectivity index (χ1) is 6.13. The van der Waals surface area contributed by atoms with Gasteiger partial charge in [-0.3, -0.25) is 4.79 Å². The monoisotopic (exact) mass is 262 g/mol. The van der Waals surface area contributed by atoms with E-state index in [1.54, 1.807) is 17.5 Å². The number of thiazole rings is 1. The van der Waals surface area contributed by atoms with Crippen LogP contribution in [0.3, 0.4) is 0 Å². The van der Waals surface area contributed by atoms with Gasteiger partial charge in [0.1, 0.15) is 0 Å². The third-order valence-corrected chi connectivity index (χ3v) is 3.17. The molecule has 3 nitrogen and oxygen atoms in total. The number of nitrogens with zero attached hydrogens (tertiary/aromatic N) is 1. The number of amides is 1. The third kappa shape index (κ3) is 3.08. The van der Waals surface area contributed by atoms with E-state index in [0.717, 1.165) is 9.88 Å². The van der Waals surface area contributed by atoms with Crippen molar-refractivity contribution in [3.05, 3.63) is 16.1 Å². The summed E-state index contributed by atoms with van der Waals surface area (Å²) >= 11 is 4.70. The van der Waals surface area contributed by atoms with Crippen molar-refractivity contribution in [2.45, 2.75) is 19.9 Å². The summed E-state index contributed by atoms with van der Waals surface area (Å²) in [6.07, 6.45) is 1.80. The van der Waals surface area contributed by atoms with Crippen molar-refractivity contribution >= 4 is 33.2 Å². The summed E-state index contributed by atoms with van der Waals surface area (Å²) in [7, 11) is 0. The molecule has 0 radical (unpaired) electrons. The molecule has 1 unspecified atom stereocenters. The van der Waals surface area contributed by atoms with Crippen LogP contribution in [0.4, 0.5) is 0 Å². The standard InChI is InChI=1S/C8H11BrN2OS/c1-5(11-8(12)3-9)7-4-10-6(2)13-7/h4-5H,3H2,1-2H3,(H,11,12). The van der Waals surface area contributed by atoms with Crippen LogP contribution >= 0.6 is 27.3 Å². The van der Waals surface area contributed by atoms with E-state index in [0.29, 0.717) is 5.33 Å². The highest BCUT2D eigenvalue weighted by Crippen LogP contribution is 2.19. The largest absolute Gasteiger partial charge is 0.348 e. The molecule has 13 heavy (non-hydrogen) atoms. The molecule has 0 aliphatic rings. The number of carbonyl (C=O) groups is 1. The van der Waals surface area contributed by atoms with Crippen LogP contribution in [0.1, 0.15) is 22.9 Å². The predicted molar refractivity (Wildman–Crippen MR) is 57.2 cm³/mol. The Balaban J connectivity index is 2.58. The molecule has 0 fully saturated rings. The summed E-state index contributed by atoms with van der Waals surface area (Å²) in [5.74, 6) is -0.00134.